The SMILES string of the molecule is C[C@H](O)c1c[nH]c2ccc([N+](=O)[O-])cc12. The minimum absolute atomic E-state index is 0.0315. The van der Waals surface area contributed by atoms with Gasteiger partial charge in [-0.2, -0.15) is 0 Å². The maximum absolute atomic E-state index is 10.6. The summed E-state index contributed by atoms with van der Waals surface area (Å²) >= 11 is 0. The van der Waals surface area contributed by atoms with Gasteiger partial charge in [0.05, 0.1) is 11.0 Å². The van der Waals surface area contributed by atoms with Gasteiger partial charge in [0.1, 0.15) is 0 Å². The molecule has 2 N–H and O–H groups in total. The molecule has 0 fully saturated rings. The van der Waals surface area contributed by atoms with Crippen molar-refractivity contribution in [2.24, 2.45) is 0 Å². The Balaban J connectivity index is 2.66. The lowest BCUT2D eigenvalue weighted by atomic mass is 10.1. The first-order valence-electron chi connectivity index (χ1n) is 4.53. The lowest BCUT2D eigenvalue weighted by Gasteiger charge is -2.00. The summed E-state index contributed by atoms with van der Waals surface area (Å²) in [6.07, 6.45) is 1.03. The van der Waals surface area contributed by atoms with Crippen LogP contribution in [0.25, 0.3) is 10.9 Å². The van der Waals surface area contributed by atoms with E-state index in [4.69, 9.17) is 0 Å². The molecule has 1 aromatic heterocycles. The summed E-state index contributed by atoms with van der Waals surface area (Å²) in [7, 11) is 0. The molecule has 0 aliphatic rings. The molecule has 1 aromatic carbocycles. The number of aliphatic hydroxyl groups is 1. The Labute approximate surface area is 85.5 Å². The fourth-order valence-electron chi connectivity index (χ4n) is 1.59. The Bertz CT molecular complexity index is 516. The van der Waals surface area contributed by atoms with Gasteiger partial charge in [-0.1, -0.05) is 0 Å². The van der Waals surface area contributed by atoms with Crippen molar-refractivity contribution in [2.75, 3.05) is 0 Å². The number of H-pyrrole nitrogens is 1. The van der Waals surface area contributed by atoms with Crippen LogP contribution in [0.1, 0.15) is 18.6 Å². The van der Waals surface area contributed by atoms with Crippen molar-refractivity contribution in [3.05, 3.63) is 40.1 Å². The van der Waals surface area contributed by atoms with Crippen molar-refractivity contribution in [2.45, 2.75) is 13.0 Å². The number of aromatic nitrogens is 1. The summed E-state index contributed by atoms with van der Waals surface area (Å²) in [5, 5.41) is 20.7. The van der Waals surface area contributed by atoms with Gasteiger partial charge in [0.25, 0.3) is 5.69 Å². The number of benzene rings is 1. The first-order chi connectivity index (χ1) is 7.09. The number of aromatic amines is 1. The zero-order valence-corrected chi connectivity index (χ0v) is 8.10. The molecule has 78 valence electrons. The molecule has 0 bridgehead atoms. The summed E-state index contributed by atoms with van der Waals surface area (Å²) < 4.78 is 0. The van der Waals surface area contributed by atoms with Crippen LogP contribution in [-0.2, 0) is 0 Å². The van der Waals surface area contributed by atoms with E-state index < -0.39 is 11.0 Å². The van der Waals surface area contributed by atoms with E-state index in [1.165, 1.54) is 12.1 Å². The first kappa shape index (κ1) is 9.67. The van der Waals surface area contributed by atoms with E-state index in [-0.39, 0.29) is 5.69 Å². The van der Waals surface area contributed by atoms with Crippen LogP contribution in [-0.4, -0.2) is 15.0 Å². The van der Waals surface area contributed by atoms with E-state index in [1.807, 2.05) is 0 Å². The summed E-state index contributed by atoms with van der Waals surface area (Å²) in [6.45, 7) is 1.63. The van der Waals surface area contributed by atoms with E-state index in [9.17, 15) is 15.2 Å². The highest BCUT2D eigenvalue weighted by Crippen LogP contribution is 2.27. The second-order valence-corrected chi connectivity index (χ2v) is 3.41. The number of hydrogen-bond acceptors (Lipinski definition) is 3. The van der Waals surface area contributed by atoms with Crippen LogP contribution in [0.15, 0.2) is 24.4 Å². The van der Waals surface area contributed by atoms with Crippen LogP contribution in [0.4, 0.5) is 5.69 Å². The number of hydrogen-bond donors (Lipinski definition) is 2. The van der Waals surface area contributed by atoms with Crippen LogP contribution < -0.4 is 0 Å². The minimum atomic E-state index is -0.638. The molecule has 15 heavy (non-hydrogen) atoms. The number of non-ortho nitro benzene ring substituents is 1. The molecule has 0 amide bonds. The molecule has 0 saturated carbocycles. The molecule has 5 nitrogen and oxygen atoms in total. The number of aliphatic hydroxyl groups excluding tert-OH is 1. The summed E-state index contributed by atoms with van der Waals surface area (Å²) in [5.41, 5.74) is 1.49. The maximum atomic E-state index is 10.6. The molecule has 0 aliphatic heterocycles. The van der Waals surface area contributed by atoms with Gasteiger partial charge < -0.3 is 10.1 Å². The molecule has 2 aromatic rings. The predicted octanol–water partition coefficient (Wildman–Crippen LogP) is 2.13. The topological polar surface area (TPSA) is 79.2 Å². The zero-order chi connectivity index (χ0) is 11.0. The standard InChI is InChI=1S/C10H10N2O3/c1-6(13)9-5-11-10-3-2-7(12(14)15)4-8(9)10/h2-6,11,13H,1H3/t6-/m0/s1. The van der Waals surface area contributed by atoms with Crippen molar-refractivity contribution >= 4 is 16.6 Å². The highest BCUT2D eigenvalue weighted by Gasteiger charge is 2.12. The number of nitro benzene ring substituents is 1. The highest BCUT2D eigenvalue weighted by atomic mass is 16.6. The van der Waals surface area contributed by atoms with E-state index in [0.29, 0.717) is 10.9 Å². The van der Waals surface area contributed by atoms with Crippen LogP contribution in [0.3, 0.4) is 0 Å². The smallest absolute Gasteiger partial charge is 0.270 e. The van der Waals surface area contributed by atoms with Crippen LogP contribution in [0.2, 0.25) is 0 Å². The van der Waals surface area contributed by atoms with Crippen LogP contribution in [0, 0.1) is 10.1 Å². The quantitative estimate of drug-likeness (QED) is 0.583. The Kier molecular flexibility index (Phi) is 2.17. The molecule has 0 saturated heterocycles. The van der Waals surface area contributed by atoms with Gasteiger partial charge in [0.15, 0.2) is 0 Å². The fraction of sp³-hybridized carbons (Fsp3) is 0.200. The molecule has 2 rings (SSSR count). The molecule has 1 heterocycles. The maximum Gasteiger partial charge on any atom is 0.270 e. The monoisotopic (exact) mass is 206 g/mol. The van der Waals surface area contributed by atoms with Crippen molar-refractivity contribution in [1.82, 2.24) is 4.98 Å². The predicted molar refractivity (Wildman–Crippen MR) is 55.6 cm³/mol. The zero-order valence-electron chi connectivity index (χ0n) is 8.10. The molecule has 1 atom stereocenters. The van der Waals surface area contributed by atoms with Crippen molar-refractivity contribution in [3.63, 3.8) is 0 Å². The lowest BCUT2D eigenvalue weighted by Crippen LogP contribution is -1.90. The van der Waals surface area contributed by atoms with Crippen LogP contribution in [0.5, 0.6) is 0 Å². The minimum Gasteiger partial charge on any atom is -0.389 e. The fourth-order valence-corrected chi connectivity index (χ4v) is 1.59. The molecular weight excluding hydrogens is 196 g/mol. The van der Waals surface area contributed by atoms with Crippen molar-refractivity contribution in [3.8, 4) is 0 Å². The van der Waals surface area contributed by atoms with Crippen molar-refractivity contribution < 1.29 is 10.0 Å². The molecular formula is C10H10N2O3. The van der Waals surface area contributed by atoms with Gasteiger partial charge in [0, 0.05) is 34.8 Å². The lowest BCUT2D eigenvalue weighted by molar-refractivity contribution is -0.384. The Morgan fingerprint density at radius 3 is 2.87 bits per heavy atom. The van der Waals surface area contributed by atoms with Gasteiger partial charge in [-0.25, -0.2) is 0 Å². The largest absolute Gasteiger partial charge is 0.389 e. The summed E-state index contributed by atoms with van der Waals surface area (Å²) in [5.74, 6) is 0. The normalized spacial score (nSPS) is 12.9. The molecule has 0 aliphatic carbocycles. The third-order valence-corrected chi connectivity index (χ3v) is 2.36. The van der Waals surface area contributed by atoms with E-state index in [2.05, 4.69) is 4.98 Å². The summed E-state index contributed by atoms with van der Waals surface area (Å²) in [4.78, 5) is 13.1. The average Bonchev–Trinajstić information content (AvgIpc) is 2.59. The Morgan fingerprint density at radius 2 is 2.27 bits per heavy atom. The Hall–Kier alpha value is -1.88. The van der Waals surface area contributed by atoms with Gasteiger partial charge in [-0.15, -0.1) is 0 Å². The number of nitrogens with zero attached hydrogens (tertiary/aromatic N) is 1. The molecule has 0 unspecified atom stereocenters. The second kappa shape index (κ2) is 3.36. The van der Waals surface area contributed by atoms with Gasteiger partial charge >= 0.3 is 0 Å². The number of nitrogens with one attached hydrogen (secondary N) is 1. The highest BCUT2D eigenvalue weighted by molar-refractivity contribution is 5.85. The molecule has 0 spiro atoms. The first-order valence-corrected chi connectivity index (χ1v) is 4.53. The summed E-state index contributed by atoms with van der Waals surface area (Å²) in [6, 6.07) is 4.54. The van der Waals surface area contributed by atoms with Crippen LogP contribution >= 0.6 is 0 Å². The molecule has 5 heteroatoms. The van der Waals surface area contributed by atoms with Gasteiger partial charge in [0.2, 0.25) is 0 Å². The van der Waals surface area contributed by atoms with Gasteiger partial charge in [-0.3, -0.25) is 10.1 Å². The average molecular weight is 206 g/mol. The van der Waals surface area contributed by atoms with E-state index in [0.717, 1.165) is 5.52 Å². The van der Waals surface area contributed by atoms with Crippen molar-refractivity contribution in [1.29, 1.82) is 0 Å². The third kappa shape index (κ3) is 1.57. The Morgan fingerprint density at radius 1 is 1.53 bits per heavy atom. The number of rotatable bonds is 2. The third-order valence-electron chi connectivity index (χ3n) is 2.36. The molecule has 0 radical (unpaired) electrons. The number of fused-ring (bicyclic) bond motifs is 1. The number of nitro groups is 1. The van der Waals surface area contributed by atoms with E-state index >= 15 is 0 Å². The second-order valence-electron chi connectivity index (χ2n) is 3.41. The van der Waals surface area contributed by atoms with E-state index in [1.54, 1.807) is 19.2 Å². The van der Waals surface area contributed by atoms with Gasteiger partial charge in [-0.05, 0) is 13.0 Å².